The number of hydrogen-bond donors (Lipinski definition) is 2. The zero-order valence-electron chi connectivity index (χ0n) is 22.2. The number of ether oxygens (including phenoxy) is 3. The fourth-order valence-electron chi connectivity index (χ4n) is 3.48. The standard InChI is InChI=1S/C11H11NO3.C9H18O2.C7H10N2O/c1-7-2-3-9-10(4-7)14-5-8-6-15-11(13)12(8)9;1-4-8(2)5-6-11-7-9(3)10;1-5-3-4-6(9-5)7(10)8-2/h2-4,8H,5-6H2,1H3;8H,4-7H2,1-3H3;3-4,9H,1-2H3,(H,8,10). The normalized spacial score (nSPS) is 16.1. The number of Topliss-reactive ketones (excluding diaryl/α,β-unsaturated/α-hetero) is 1. The summed E-state index contributed by atoms with van der Waals surface area (Å²) in [6, 6.07) is 9.47. The van der Waals surface area contributed by atoms with Crippen LogP contribution in [0.15, 0.2) is 30.3 Å². The van der Waals surface area contributed by atoms with Crippen molar-refractivity contribution in [3.8, 4) is 5.75 Å². The molecule has 1 saturated heterocycles. The Morgan fingerprint density at radius 2 is 1.92 bits per heavy atom. The molecule has 1 aromatic heterocycles. The van der Waals surface area contributed by atoms with Gasteiger partial charge in [-0.1, -0.05) is 26.3 Å². The number of hydrogen-bond acceptors (Lipinski definition) is 6. The lowest BCUT2D eigenvalue weighted by Crippen LogP contribution is -2.41. The van der Waals surface area contributed by atoms with Gasteiger partial charge in [0.05, 0.1) is 5.69 Å². The lowest BCUT2D eigenvalue weighted by molar-refractivity contribution is -0.121. The molecule has 2 aliphatic heterocycles. The first-order chi connectivity index (χ1) is 17.2. The number of ketones is 1. The van der Waals surface area contributed by atoms with Crippen molar-refractivity contribution in [3.63, 3.8) is 0 Å². The highest BCUT2D eigenvalue weighted by Crippen LogP contribution is 2.37. The van der Waals surface area contributed by atoms with E-state index in [1.165, 1.54) is 6.42 Å². The zero-order valence-corrected chi connectivity index (χ0v) is 22.2. The van der Waals surface area contributed by atoms with E-state index in [4.69, 9.17) is 14.2 Å². The average Bonchev–Trinajstić information content (AvgIpc) is 3.47. The minimum absolute atomic E-state index is 0.0349. The van der Waals surface area contributed by atoms with E-state index in [0.29, 0.717) is 31.4 Å². The molecule has 1 aromatic carbocycles. The molecule has 0 spiro atoms. The van der Waals surface area contributed by atoms with Gasteiger partial charge in [-0.2, -0.15) is 0 Å². The molecule has 2 unspecified atom stereocenters. The molecule has 2 N–H and O–H groups in total. The Labute approximate surface area is 213 Å². The van der Waals surface area contributed by atoms with E-state index >= 15 is 0 Å². The molecule has 198 valence electrons. The third kappa shape index (κ3) is 8.71. The van der Waals surface area contributed by atoms with E-state index in [9.17, 15) is 14.4 Å². The molecule has 0 aliphatic carbocycles. The number of aromatic nitrogens is 1. The number of benzene rings is 1. The first kappa shape index (κ1) is 28.9. The molecule has 2 aromatic rings. The molecule has 36 heavy (non-hydrogen) atoms. The maximum absolute atomic E-state index is 11.5. The van der Waals surface area contributed by atoms with Crippen LogP contribution in [0.4, 0.5) is 10.5 Å². The number of anilines is 1. The fraction of sp³-hybridized carbons (Fsp3) is 0.519. The quantitative estimate of drug-likeness (QED) is 0.544. The number of fused-ring (bicyclic) bond motifs is 3. The number of cyclic esters (lactones) is 1. The van der Waals surface area contributed by atoms with Gasteiger partial charge in [0.15, 0.2) is 5.78 Å². The average molecular weight is 502 g/mol. The van der Waals surface area contributed by atoms with E-state index in [2.05, 4.69) is 24.1 Å². The summed E-state index contributed by atoms with van der Waals surface area (Å²) in [6.07, 6.45) is 1.97. The molecule has 2 amide bonds. The van der Waals surface area contributed by atoms with Gasteiger partial charge in [0.1, 0.15) is 37.3 Å². The van der Waals surface area contributed by atoms with E-state index in [-0.39, 0.29) is 30.4 Å². The van der Waals surface area contributed by atoms with Crippen molar-refractivity contribution >= 4 is 23.5 Å². The van der Waals surface area contributed by atoms with Gasteiger partial charge in [-0.05, 0) is 62.9 Å². The van der Waals surface area contributed by atoms with Crippen LogP contribution < -0.4 is 15.0 Å². The SMILES string of the molecule is CCC(C)CCOCC(C)=O.CNC(=O)c1ccc(C)[nH]1.Cc1ccc2c(c1)OCC1COC(=O)N21. The largest absolute Gasteiger partial charge is 0.489 e. The van der Waals surface area contributed by atoms with E-state index < -0.39 is 0 Å². The van der Waals surface area contributed by atoms with Gasteiger partial charge in [-0.25, -0.2) is 4.79 Å². The third-order valence-corrected chi connectivity index (χ3v) is 5.83. The van der Waals surface area contributed by atoms with Crippen LogP contribution in [0.3, 0.4) is 0 Å². The van der Waals surface area contributed by atoms with Crippen LogP contribution in [-0.2, 0) is 14.3 Å². The first-order valence-corrected chi connectivity index (χ1v) is 12.3. The minimum atomic E-state index is -0.270. The Bertz CT molecular complexity index is 1020. The van der Waals surface area contributed by atoms with E-state index in [1.54, 1.807) is 24.9 Å². The Morgan fingerprint density at radius 3 is 2.53 bits per heavy atom. The summed E-state index contributed by atoms with van der Waals surface area (Å²) in [4.78, 5) is 37.4. The summed E-state index contributed by atoms with van der Waals surface area (Å²) < 4.78 is 15.7. The van der Waals surface area contributed by atoms with Crippen LogP contribution in [0.1, 0.15) is 55.4 Å². The van der Waals surface area contributed by atoms with Gasteiger partial charge in [0.25, 0.3) is 5.91 Å². The van der Waals surface area contributed by atoms with Crippen LogP contribution in [-0.4, -0.2) is 62.3 Å². The molecule has 4 rings (SSSR count). The minimum Gasteiger partial charge on any atom is -0.489 e. The summed E-state index contributed by atoms with van der Waals surface area (Å²) in [5.74, 6) is 1.51. The second kappa shape index (κ2) is 14.3. The van der Waals surface area contributed by atoms with Crippen molar-refractivity contribution in [1.82, 2.24) is 10.3 Å². The van der Waals surface area contributed by atoms with Gasteiger partial charge < -0.3 is 24.5 Å². The zero-order chi connectivity index (χ0) is 26.7. The van der Waals surface area contributed by atoms with Gasteiger partial charge in [-0.15, -0.1) is 0 Å². The molecule has 1 fully saturated rings. The number of rotatable bonds is 7. The second-order valence-electron chi connectivity index (χ2n) is 9.07. The Hall–Kier alpha value is -3.33. The summed E-state index contributed by atoms with van der Waals surface area (Å²) in [5.41, 5.74) is 3.55. The number of nitrogens with one attached hydrogen (secondary N) is 2. The lowest BCUT2D eigenvalue weighted by Gasteiger charge is -2.29. The second-order valence-corrected chi connectivity index (χ2v) is 9.07. The van der Waals surface area contributed by atoms with Gasteiger partial charge in [0, 0.05) is 19.3 Å². The third-order valence-electron chi connectivity index (χ3n) is 5.83. The van der Waals surface area contributed by atoms with Crippen LogP contribution in [0.5, 0.6) is 5.75 Å². The van der Waals surface area contributed by atoms with Gasteiger partial charge in [0.2, 0.25) is 0 Å². The van der Waals surface area contributed by atoms with Crippen LogP contribution in [0, 0.1) is 19.8 Å². The number of carbonyl (C=O) groups is 3. The number of amides is 2. The number of carbonyl (C=O) groups excluding carboxylic acids is 3. The molecule has 3 heterocycles. The predicted octanol–water partition coefficient (Wildman–Crippen LogP) is 4.42. The topological polar surface area (TPSA) is 110 Å². The monoisotopic (exact) mass is 501 g/mol. The molecular weight excluding hydrogens is 462 g/mol. The van der Waals surface area contributed by atoms with Crippen molar-refractivity contribution < 1.29 is 28.6 Å². The van der Waals surface area contributed by atoms with E-state index in [0.717, 1.165) is 29.1 Å². The first-order valence-electron chi connectivity index (χ1n) is 12.3. The highest BCUT2D eigenvalue weighted by Gasteiger charge is 2.39. The highest BCUT2D eigenvalue weighted by molar-refractivity contribution is 5.93. The van der Waals surface area contributed by atoms with Crippen molar-refractivity contribution in [3.05, 3.63) is 47.3 Å². The van der Waals surface area contributed by atoms with Crippen molar-refractivity contribution in [2.75, 3.05) is 38.4 Å². The van der Waals surface area contributed by atoms with Crippen LogP contribution in [0.2, 0.25) is 0 Å². The summed E-state index contributed by atoms with van der Waals surface area (Å²) in [6.45, 7) is 11.7. The molecule has 9 nitrogen and oxygen atoms in total. The molecule has 2 aliphatic rings. The fourth-order valence-corrected chi connectivity index (χ4v) is 3.48. The van der Waals surface area contributed by atoms with Crippen LogP contribution >= 0.6 is 0 Å². The van der Waals surface area contributed by atoms with Crippen LogP contribution in [0.25, 0.3) is 0 Å². The maximum atomic E-state index is 11.5. The Morgan fingerprint density at radius 1 is 1.19 bits per heavy atom. The number of nitrogens with zero attached hydrogens (tertiary/aromatic N) is 1. The number of aryl methyl sites for hydroxylation is 2. The molecule has 2 atom stereocenters. The Kier molecular flexibility index (Phi) is 11.5. The molecule has 0 saturated carbocycles. The maximum Gasteiger partial charge on any atom is 0.414 e. The Balaban J connectivity index is 0.000000197. The van der Waals surface area contributed by atoms with Crippen molar-refractivity contribution in [1.29, 1.82) is 0 Å². The summed E-state index contributed by atoms with van der Waals surface area (Å²) >= 11 is 0. The smallest absolute Gasteiger partial charge is 0.414 e. The predicted molar refractivity (Wildman–Crippen MR) is 139 cm³/mol. The van der Waals surface area contributed by atoms with Gasteiger partial charge >= 0.3 is 6.09 Å². The van der Waals surface area contributed by atoms with Crippen molar-refractivity contribution in [2.45, 2.75) is 53.5 Å². The van der Waals surface area contributed by atoms with Crippen molar-refractivity contribution in [2.24, 2.45) is 5.92 Å². The molecule has 9 heteroatoms. The lowest BCUT2D eigenvalue weighted by atomic mass is 10.1. The summed E-state index contributed by atoms with van der Waals surface area (Å²) in [5, 5.41) is 2.52. The molecular formula is C27H39N3O6. The highest BCUT2D eigenvalue weighted by atomic mass is 16.6. The number of aromatic amines is 1. The van der Waals surface area contributed by atoms with E-state index in [1.807, 2.05) is 38.1 Å². The number of H-pyrrole nitrogens is 1. The molecule has 0 radical (unpaired) electrons. The van der Waals surface area contributed by atoms with Gasteiger partial charge in [-0.3, -0.25) is 14.5 Å². The summed E-state index contributed by atoms with van der Waals surface area (Å²) in [7, 11) is 1.61. The molecule has 0 bridgehead atoms.